The molecule has 2 aliphatic heterocycles. The standard InChI is InChI=1S/C20H32N4O2/c1-19(2,3)17-15(13-24(21-17)20(4,5)6)18(26)22-11-9-14(12-22)23-10-7-8-16(23)25/h13-14H,7-12H2,1-6H3. The van der Waals surface area contributed by atoms with Crippen molar-refractivity contribution in [3.8, 4) is 0 Å². The summed E-state index contributed by atoms with van der Waals surface area (Å²) < 4.78 is 1.90. The van der Waals surface area contributed by atoms with E-state index in [9.17, 15) is 9.59 Å². The van der Waals surface area contributed by atoms with E-state index in [1.807, 2.05) is 20.7 Å². The molecule has 3 heterocycles. The fourth-order valence-electron chi connectivity index (χ4n) is 3.83. The number of aromatic nitrogens is 2. The van der Waals surface area contributed by atoms with Crippen LogP contribution in [0.2, 0.25) is 0 Å². The summed E-state index contributed by atoms with van der Waals surface area (Å²) >= 11 is 0. The van der Waals surface area contributed by atoms with E-state index in [4.69, 9.17) is 5.10 Å². The molecular formula is C20H32N4O2. The van der Waals surface area contributed by atoms with Crippen molar-refractivity contribution < 1.29 is 9.59 Å². The van der Waals surface area contributed by atoms with E-state index >= 15 is 0 Å². The second-order valence-corrected chi connectivity index (χ2v) is 9.64. The van der Waals surface area contributed by atoms with Gasteiger partial charge in [-0.1, -0.05) is 20.8 Å². The molecule has 1 atom stereocenters. The summed E-state index contributed by atoms with van der Waals surface area (Å²) in [5.74, 6) is 0.278. The first-order chi connectivity index (χ1) is 12.0. The molecule has 0 radical (unpaired) electrons. The molecule has 0 aliphatic carbocycles. The Morgan fingerprint density at radius 1 is 1.15 bits per heavy atom. The highest BCUT2D eigenvalue weighted by Gasteiger charge is 2.37. The fourth-order valence-corrected chi connectivity index (χ4v) is 3.83. The number of hydrogen-bond donors (Lipinski definition) is 0. The number of carbonyl (C=O) groups excluding carboxylic acids is 2. The molecule has 2 aliphatic rings. The molecule has 0 saturated carbocycles. The second-order valence-electron chi connectivity index (χ2n) is 9.64. The summed E-state index contributed by atoms with van der Waals surface area (Å²) in [5, 5.41) is 4.76. The van der Waals surface area contributed by atoms with Crippen LogP contribution in [0.3, 0.4) is 0 Å². The molecule has 1 aromatic heterocycles. The van der Waals surface area contributed by atoms with E-state index in [1.165, 1.54) is 0 Å². The minimum atomic E-state index is -0.203. The molecule has 2 fully saturated rings. The van der Waals surface area contributed by atoms with Crippen LogP contribution in [0.15, 0.2) is 6.20 Å². The molecule has 144 valence electrons. The van der Waals surface area contributed by atoms with Crippen LogP contribution in [-0.2, 0) is 15.7 Å². The van der Waals surface area contributed by atoms with Crippen molar-refractivity contribution in [2.75, 3.05) is 19.6 Å². The number of carbonyl (C=O) groups is 2. The first kappa shape index (κ1) is 18.9. The van der Waals surface area contributed by atoms with Gasteiger partial charge in [0.25, 0.3) is 5.91 Å². The summed E-state index contributed by atoms with van der Waals surface area (Å²) in [6.45, 7) is 14.7. The van der Waals surface area contributed by atoms with Gasteiger partial charge in [0, 0.05) is 37.7 Å². The average molecular weight is 361 g/mol. The molecule has 26 heavy (non-hydrogen) atoms. The predicted molar refractivity (Wildman–Crippen MR) is 101 cm³/mol. The number of hydrogen-bond acceptors (Lipinski definition) is 3. The number of amides is 2. The van der Waals surface area contributed by atoms with E-state index in [0.717, 1.165) is 25.1 Å². The van der Waals surface area contributed by atoms with Crippen LogP contribution in [0, 0.1) is 0 Å². The highest BCUT2D eigenvalue weighted by molar-refractivity contribution is 5.95. The van der Waals surface area contributed by atoms with Crippen molar-refractivity contribution in [2.45, 2.75) is 77.8 Å². The molecular weight excluding hydrogens is 328 g/mol. The van der Waals surface area contributed by atoms with Gasteiger partial charge in [0.2, 0.25) is 5.91 Å². The third kappa shape index (κ3) is 3.51. The lowest BCUT2D eigenvalue weighted by molar-refractivity contribution is -0.129. The van der Waals surface area contributed by atoms with Crippen molar-refractivity contribution in [3.05, 3.63) is 17.5 Å². The third-order valence-electron chi connectivity index (χ3n) is 5.34. The van der Waals surface area contributed by atoms with Gasteiger partial charge in [0.1, 0.15) is 0 Å². The van der Waals surface area contributed by atoms with Crippen molar-refractivity contribution >= 4 is 11.8 Å². The minimum absolute atomic E-state index is 0.0413. The molecule has 0 aromatic carbocycles. The molecule has 6 heteroatoms. The zero-order valence-electron chi connectivity index (χ0n) is 17.0. The predicted octanol–water partition coefficient (Wildman–Crippen LogP) is 2.77. The monoisotopic (exact) mass is 360 g/mol. The zero-order valence-corrected chi connectivity index (χ0v) is 17.0. The van der Waals surface area contributed by atoms with Crippen molar-refractivity contribution in [2.24, 2.45) is 0 Å². The average Bonchev–Trinajstić information content (AvgIpc) is 3.23. The Bertz CT molecular complexity index is 708. The number of rotatable bonds is 2. The molecule has 0 bridgehead atoms. The summed E-state index contributed by atoms with van der Waals surface area (Å²) in [6, 6.07) is 0.171. The van der Waals surface area contributed by atoms with E-state index < -0.39 is 0 Å². The van der Waals surface area contributed by atoms with Crippen LogP contribution in [-0.4, -0.2) is 57.1 Å². The topological polar surface area (TPSA) is 58.4 Å². The molecule has 0 N–H and O–H groups in total. The van der Waals surface area contributed by atoms with Gasteiger partial charge in [0.05, 0.1) is 22.8 Å². The van der Waals surface area contributed by atoms with Crippen LogP contribution in [0.4, 0.5) is 0 Å². The number of likely N-dealkylation sites (tertiary alicyclic amines) is 2. The second kappa shape index (κ2) is 6.39. The van der Waals surface area contributed by atoms with Crippen molar-refractivity contribution in [1.82, 2.24) is 19.6 Å². The number of nitrogens with zero attached hydrogens (tertiary/aromatic N) is 4. The lowest BCUT2D eigenvalue weighted by Gasteiger charge is -2.24. The smallest absolute Gasteiger partial charge is 0.257 e. The largest absolute Gasteiger partial charge is 0.338 e. The summed E-state index contributed by atoms with van der Waals surface area (Å²) in [7, 11) is 0. The van der Waals surface area contributed by atoms with Crippen molar-refractivity contribution in [3.63, 3.8) is 0 Å². The lowest BCUT2D eigenvalue weighted by Crippen LogP contribution is -2.39. The minimum Gasteiger partial charge on any atom is -0.338 e. The van der Waals surface area contributed by atoms with Gasteiger partial charge >= 0.3 is 0 Å². The highest BCUT2D eigenvalue weighted by atomic mass is 16.2. The third-order valence-corrected chi connectivity index (χ3v) is 5.34. The maximum atomic E-state index is 13.3. The van der Waals surface area contributed by atoms with Gasteiger partial charge in [-0.25, -0.2) is 0 Å². The Labute approximate surface area is 156 Å². The summed E-state index contributed by atoms with van der Waals surface area (Å²) in [5.41, 5.74) is 1.17. The summed E-state index contributed by atoms with van der Waals surface area (Å²) in [4.78, 5) is 29.1. The van der Waals surface area contributed by atoms with Gasteiger partial charge in [-0.05, 0) is 33.6 Å². The quantitative estimate of drug-likeness (QED) is 0.815. The van der Waals surface area contributed by atoms with Crippen LogP contribution in [0.5, 0.6) is 0 Å². The first-order valence-corrected chi connectivity index (χ1v) is 9.68. The molecule has 2 saturated heterocycles. The Hall–Kier alpha value is -1.85. The van der Waals surface area contributed by atoms with Crippen LogP contribution in [0.25, 0.3) is 0 Å². The van der Waals surface area contributed by atoms with Crippen LogP contribution < -0.4 is 0 Å². The van der Waals surface area contributed by atoms with Gasteiger partial charge in [-0.3, -0.25) is 14.3 Å². The maximum Gasteiger partial charge on any atom is 0.257 e. The van der Waals surface area contributed by atoms with Gasteiger partial charge in [0.15, 0.2) is 0 Å². The molecule has 6 nitrogen and oxygen atoms in total. The Kier molecular flexibility index (Phi) is 4.65. The normalized spacial score (nSPS) is 21.8. The Morgan fingerprint density at radius 3 is 2.38 bits per heavy atom. The van der Waals surface area contributed by atoms with E-state index in [-0.39, 0.29) is 28.8 Å². The van der Waals surface area contributed by atoms with E-state index in [2.05, 4.69) is 41.5 Å². The molecule has 3 rings (SSSR count). The van der Waals surface area contributed by atoms with Crippen LogP contribution >= 0.6 is 0 Å². The molecule has 1 aromatic rings. The van der Waals surface area contributed by atoms with Gasteiger partial charge in [-0.2, -0.15) is 5.10 Å². The first-order valence-electron chi connectivity index (χ1n) is 9.68. The highest BCUT2D eigenvalue weighted by Crippen LogP contribution is 2.29. The maximum absolute atomic E-state index is 13.3. The molecule has 1 unspecified atom stereocenters. The van der Waals surface area contributed by atoms with Gasteiger partial charge < -0.3 is 9.80 Å². The van der Waals surface area contributed by atoms with Crippen LogP contribution in [0.1, 0.15) is 76.9 Å². The van der Waals surface area contributed by atoms with Crippen molar-refractivity contribution in [1.29, 1.82) is 0 Å². The SMILES string of the molecule is CC(C)(C)c1nn(C(C)(C)C)cc1C(=O)N1CCC(N2CCCC2=O)C1. The van der Waals surface area contributed by atoms with E-state index in [0.29, 0.717) is 25.1 Å². The summed E-state index contributed by atoms with van der Waals surface area (Å²) in [6.07, 6.45) is 4.36. The lowest BCUT2D eigenvalue weighted by atomic mass is 9.89. The Balaban J connectivity index is 1.84. The molecule has 2 amide bonds. The fraction of sp³-hybridized carbons (Fsp3) is 0.750. The Morgan fingerprint density at radius 2 is 1.85 bits per heavy atom. The van der Waals surface area contributed by atoms with E-state index in [1.54, 1.807) is 0 Å². The molecule has 0 spiro atoms. The zero-order chi connectivity index (χ0) is 19.3. The van der Waals surface area contributed by atoms with Gasteiger partial charge in [-0.15, -0.1) is 0 Å².